The standard InChI is InChI=1S/C11H11N3O4/c1-2-13(7-11(15)16)9-3-4-10(14(17)18)8(5-9)6-12/h3-5H,2,7H2,1H3,(H,15,16). The summed E-state index contributed by atoms with van der Waals surface area (Å²) in [6, 6.07) is 5.70. The minimum atomic E-state index is -1.01. The second-order valence-corrected chi connectivity index (χ2v) is 3.48. The highest BCUT2D eigenvalue weighted by Gasteiger charge is 2.16. The number of nitrogens with zero attached hydrogens (tertiary/aromatic N) is 3. The first-order valence-electron chi connectivity index (χ1n) is 5.14. The molecule has 1 N–H and O–H groups in total. The van der Waals surface area contributed by atoms with Crippen molar-refractivity contribution in [3.63, 3.8) is 0 Å². The van der Waals surface area contributed by atoms with Gasteiger partial charge >= 0.3 is 5.97 Å². The number of carboxylic acid groups (broad SMARTS) is 1. The molecule has 1 rings (SSSR count). The number of benzene rings is 1. The van der Waals surface area contributed by atoms with E-state index >= 15 is 0 Å². The third kappa shape index (κ3) is 2.95. The van der Waals surface area contributed by atoms with Crippen molar-refractivity contribution in [2.45, 2.75) is 6.92 Å². The Morgan fingerprint density at radius 1 is 1.61 bits per heavy atom. The van der Waals surface area contributed by atoms with Crippen LogP contribution in [-0.4, -0.2) is 29.1 Å². The van der Waals surface area contributed by atoms with Crippen molar-refractivity contribution in [3.8, 4) is 6.07 Å². The van der Waals surface area contributed by atoms with Gasteiger partial charge in [0, 0.05) is 18.3 Å². The summed E-state index contributed by atoms with van der Waals surface area (Å²) in [5.41, 5.74) is 0.107. The molecule has 0 aliphatic carbocycles. The lowest BCUT2D eigenvalue weighted by atomic mass is 10.1. The molecular formula is C11H11N3O4. The summed E-state index contributed by atoms with van der Waals surface area (Å²) in [5, 5.41) is 28.2. The predicted molar refractivity (Wildman–Crippen MR) is 63.3 cm³/mol. The molecule has 94 valence electrons. The number of rotatable bonds is 5. The fourth-order valence-corrected chi connectivity index (χ4v) is 1.52. The summed E-state index contributed by atoms with van der Waals surface area (Å²) >= 11 is 0. The summed E-state index contributed by atoms with van der Waals surface area (Å²) in [6.45, 7) is 1.96. The third-order valence-corrected chi connectivity index (χ3v) is 2.37. The minimum absolute atomic E-state index is 0.0821. The van der Waals surface area contributed by atoms with Crippen molar-refractivity contribution in [1.82, 2.24) is 0 Å². The number of carbonyl (C=O) groups is 1. The topological polar surface area (TPSA) is 107 Å². The lowest BCUT2D eigenvalue weighted by molar-refractivity contribution is -0.385. The van der Waals surface area contributed by atoms with E-state index in [0.717, 1.165) is 0 Å². The van der Waals surface area contributed by atoms with Crippen LogP contribution in [-0.2, 0) is 4.79 Å². The van der Waals surface area contributed by atoms with Gasteiger partial charge in [-0.25, -0.2) is 0 Å². The summed E-state index contributed by atoms with van der Waals surface area (Å²) < 4.78 is 0. The molecule has 7 nitrogen and oxygen atoms in total. The fraction of sp³-hybridized carbons (Fsp3) is 0.273. The highest BCUT2D eigenvalue weighted by Crippen LogP contribution is 2.24. The molecule has 18 heavy (non-hydrogen) atoms. The maximum Gasteiger partial charge on any atom is 0.323 e. The van der Waals surface area contributed by atoms with E-state index in [2.05, 4.69) is 0 Å². The van der Waals surface area contributed by atoms with Crippen molar-refractivity contribution in [3.05, 3.63) is 33.9 Å². The molecule has 0 unspecified atom stereocenters. The first kappa shape index (κ1) is 13.4. The van der Waals surface area contributed by atoms with E-state index in [0.29, 0.717) is 12.2 Å². The summed E-state index contributed by atoms with van der Waals surface area (Å²) in [4.78, 5) is 22.2. The van der Waals surface area contributed by atoms with E-state index in [1.165, 1.54) is 23.1 Å². The Hall–Kier alpha value is -2.62. The van der Waals surface area contributed by atoms with Gasteiger partial charge in [0.25, 0.3) is 5.69 Å². The highest BCUT2D eigenvalue weighted by molar-refractivity contribution is 5.74. The highest BCUT2D eigenvalue weighted by atomic mass is 16.6. The van der Waals surface area contributed by atoms with Gasteiger partial charge in [0.15, 0.2) is 0 Å². The lowest BCUT2D eigenvalue weighted by Gasteiger charge is -2.20. The van der Waals surface area contributed by atoms with Crippen LogP contribution in [0.15, 0.2) is 18.2 Å². The Balaban J connectivity index is 3.15. The van der Waals surface area contributed by atoms with E-state index in [4.69, 9.17) is 10.4 Å². The Morgan fingerprint density at radius 2 is 2.28 bits per heavy atom. The van der Waals surface area contributed by atoms with E-state index in [1.54, 1.807) is 13.0 Å². The number of nitriles is 1. The Labute approximate surface area is 103 Å². The van der Waals surface area contributed by atoms with Crippen molar-refractivity contribution in [2.75, 3.05) is 18.0 Å². The van der Waals surface area contributed by atoms with E-state index in [-0.39, 0.29) is 17.8 Å². The van der Waals surface area contributed by atoms with Gasteiger partial charge in [-0.2, -0.15) is 5.26 Å². The molecule has 0 heterocycles. The molecule has 0 amide bonds. The molecule has 0 aliphatic heterocycles. The van der Waals surface area contributed by atoms with Gasteiger partial charge in [-0.3, -0.25) is 14.9 Å². The molecule has 7 heteroatoms. The number of likely N-dealkylation sites (N-methyl/N-ethyl adjacent to an activating group) is 1. The van der Waals surface area contributed by atoms with Crippen LogP contribution in [0, 0.1) is 21.4 Å². The lowest BCUT2D eigenvalue weighted by Crippen LogP contribution is -2.29. The number of hydrogen-bond donors (Lipinski definition) is 1. The average molecular weight is 249 g/mol. The molecule has 0 aromatic heterocycles. The van der Waals surface area contributed by atoms with Crippen molar-refractivity contribution >= 4 is 17.3 Å². The molecule has 1 aromatic carbocycles. The molecule has 0 bridgehead atoms. The van der Waals surface area contributed by atoms with Crippen LogP contribution in [0.4, 0.5) is 11.4 Å². The molecule has 0 saturated heterocycles. The van der Waals surface area contributed by atoms with Gasteiger partial charge in [0.05, 0.1) is 4.92 Å². The summed E-state index contributed by atoms with van der Waals surface area (Å²) in [5.74, 6) is -1.01. The van der Waals surface area contributed by atoms with Gasteiger partial charge in [0.2, 0.25) is 0 Å². The molecule has 0 radical (unpaired) electrons. The first-order chi connectivity index (χ1) is 8.49. The quantitative estimate of drug-likeness (QED) is 0.623. The van der Waals surface area contributed by atoms with Gasteiger partial charge < -0.3 is 10.0 Å². The third-order valence-electron chi connectivity index (χ3n) is 2.37. The number of aliphatic carboxylic acids is 1. The van der Waals surface area contributed by atoms with Crippen molar-refractivity contribution < 1.29 is 14.8 Å². The van der Waals surface area contributed by atoms with Crippen LogP contribution in [0.3, 0.4) is 0 Å². The van der Waals surface area contributed by atoms with E-state index in [9.17, 15) is 14.9 Å². The molecule has 0 spiro atoms. The van der Waals surface area contributed by atoms with Crippen LogP contribution in [0.2, 0.25) is 0 Å². The predicted octanol–water partition coefficient (Wildman–Crippen LogP) is 1.38. The molecule has 1 aromatic rings. The van der Waals surface area contributed by atoms with Crippen LogP contribution in [0.5, 0.6) is 0 Å². The molecule has 0 aliphatic rings. The monoisotopic (exact) mass is 249 g/mol. The maximum absolute atomic E-state index is 10.7. The maximum atomic E-state index is 10.7. The van der Waals surface area contributed by atoms with E-state index < -0.39 is 10.9 Å². The fourth-order valence-electron chi connectivity index (χ4n) is 1.52. The zero-order chi connectivity index (χ0) is 13.7. The Morgan fingerprint density at radius 3 is 2.72 bits per heavy atom. The number of nitro benzene ring substituents is 1. The van der Waals surface area contributed by atoms with Crippen LogP contribution < -0.4 is 4.90 Å². The molecule has 0 fully saturated rings. The van der Waals surface area contributed by atoms with Crippen molar-refractivity contribution in [2.24, 2.45) is 0 Å². The zero-order valence-electron chi connectivity index (χ0n) is 9.66. The van der Waals surface area contributed by atoms with Crippen molar-refractivity contribution in [1.29, 1.82) is 5.26 Å². The first-order valence-corrected chi connectivity index (χ1v) is 5.14. The van der Waals surface area contributed by atoms with Gasteiger partial charge in [-0.05, 0) is 19.1 Å². The normalized spacial score (nSPS) is 9.56. The number of nitro groups is 1. The second kappa shape index (κ2) is 5.63. The van der Waals surface area contributed by atoms with Gasteiger partial charge in [-0.15, -0.1) is 0 Å². The minimum Gasteiger partial charge on any atom is -0.480 e. The van der Waals surface area contributed by atoms with Crippen LogP contribution >= 0.6 is 0 Å². The smallest absolute Gasteiger partial charge is 0.323 e. The van der Waals surface area contributed by atoms with Gasteiger partial charge in [-0.1, -0.05) is 0 Å². The Bertz CT molecular complexity index is 522. The SMILES string of the molecule is CCN(CC(=O)O)c1ccc([N+](=O)[O-])c(C#N)c1. The number of hydrogen-bond acceptors (Lipinski definition) is 5. The largest absolute Gasteiger partial charge is 0.480 e. The van der Waals surface area contributed by atoms with E-state index in [1.807, 2.05) is 0 Å². The summed E-state index contributed by atoms with van der Waals surface area (Å²) in [7, 11) is 0. The zero-order valence-corrected chi connectivity index (χ0v) is 9.66. The number of anilines is 1. The van der Waals surface area contributed by atoms with Crippen LogP contribution in [0.25, 0.3) is 0 Å². The molecular weight excluding hydrogens is 238 g/mol. The second-order valence-electron chi connectivity index (χ2n) is 3.48. The van der Waals surface area contributed by atoms with Crippen LogP contribution in [0.1, 0.15) is 12.5 Å². The molecule has 0 atom stereocenters. The summed E-state index contributed by atoms with van der Waals surface area (Å²) in [6.07, 6.45) is 0. The molecule has 0 saturated carbocycles. The van der Waals surface area contributed by atoms with Gasteiger partial charge in [0.1, 0.15) is 18.2 Å². The Kier molecular flexibility index (Phi) is 4.21. The number of carboxylic acids is 1. The average Bonchev–Trinajstić information content (AvgIpc) is 2.34.